The summed E-state index contributed by atoms with van der Waals surface area (Å²) >= 11 is 0. The Morgan fingerprint density at radius 1 is 1.16 bits per heavy atom. The Balaban J connectivity index is 1.89. The monoisotopic (exact) mass is 453 g/mol. The van der Waals surface area contributed by atoms with Gasteiger partial charge in [-0.25, -0.2) is 8.42 Å². The van der Waals surface area contributed by atoms with Gasteiger partial charge in [-0.2, -0.15) is 0 Å². The topological polar surface area (TPSA) is 103 Å². The maximum atomic E-state index is 13.7. The molecule has 1 aromatic heterocycles. The molecule has 1 fully saturated rings. The van der Waals surface area contributed by atoms with Gasteiger partial charge in [0.25, 0.3) is 0 Å². The van der Waals surface area contributed by atoms with Crippen LogP contribution in [0.4, 0.5) is 5.69 Å². The lowest BCUT2D eigenvalue weighted by molar-refractivity contribution is -0.122. The fraction of sp³-hybridized carbons (Fsp3) is 0.333. The van der Waals surface area contributed by atoms with E-state index in [1.807, 2.05) is 36.9 Å². The number of sulfone groups is 1. The van der Waals surface area contributed by atoms with Crippen LogP contribution in [0.1, 0.15) is 25.3 Å². The zero-order chi connectivity index (χ0) is 22.9. The molecule has 4 rings (SSSR count). The molecule has 0 aliphatic carbocycles. The Morgan fingerprint density at radius 2 is 1.84 bits per heavy atom. The van der Waals surface area contributed by atoms with Crippen LogP contribution in [0.15, 0.2) is 58.5 Å². The number of benzene rings is 2. The van der Waals surface area contributed by atoms with Gasteiger partial charge in [0, 0.05) is 30.6 Å². The van der Waals surface area contributed by atoms with Crippen LogP contribution in [-0.2, 0) is 14.6 Å². The molecule has 8 heteroatoms. The standard InChI is InChI=1S/C24H27N3O4S/c1-3-31-18-6-9-21-20(14-18)23(27-12-10-17(11-13-27)24(25)28)22(15-26-21)32(29,30)19-7-4-16(2)5-8-19/h4-9,14-15,17H,3,10-13H2,1-2H3,(H2,25,28). The van der Waals surface area contributed by atoms with Gasteiger partial charge in [0.05, 0.1) is 22.7 Å². The number of rotatable bonds is 6. The number of nitrogens with two attached hydrogens (primary N) is 1. The highest BCUT2D eigenvalue weighted by molar-refractivity contribution is 7.91. The van der Waals surface area contributed by atoms with Crippen molar-refractivity contribution < 1.29 is 17.9 Å². The first-order valence-corrected chi connectivity index (χ1v) is 12.2. The number of pyridine rings is 1. The number of piperidine rings is 1. The second-order valence-electron chi connectivity index (χ2n) is 8.06. The number of hydrogen-bond acceptors (Lipinski definition) is 6. The summed E-state index contributed by atoms with van der Waals surface area (Å²) in [5.41, 5.74) is 7.77. The van der Waals surface area contributed by atoms with Gasteiger partial charge in [0.15, 0.2) is 0 Å². The molecule has 3 aromatic rings. The minimum atomic E-state index is -3.82. The molecule has 32 heavy (non-hydrogen) atoms. The number of fused-ring (bicyclic) bond motifs is 1. The average Bonchev–Trinajstić information content (AvgIpc) is 2.79. The Labute approximate surface area is 188 Å². The maximum absolute atomic E-state index is 13.7. The molecule has 0 radical (unpaired) electrons. The van der Waals surface area contributed by atoms with Crippen LogP contribution >= 0.6 is 0 Å². The van der Waals surface area contributed by atoms with Crippen LogP contribution < -0.4 is 15.4 Å². The molecular weight excluding hydrogens is 426 g/mol. The number of amides is 1. The molecule has 0 saturated carbocycles. The number of aryl methyl sites for hydroxylation is 1. The van der Waals surface area contributed by atoms with Gasteiger partial charge < -0.3 is 15.4 Å². The molecule has 1 aliphatic heterocycles. The van der Waals surface area contributed by atoms with E-state index in [2.05, 4.69) is 4.98 Å². The first kappa shape index (κ1) is 22.1. The van der Waals surface area contributed by atoms with E-state index in [4.69, 9.17) is 10.5 Å². The summed E-state index contributed by atoms with van der Waals surface area (Å²) < 4.78 is 33.0. The van der Waals surface area contributed by atoms with E-state index < -0.39 is 9.84 Å². The number of hydrogen-bond donors (Lipinski definition) is 1. The molecule has 0 spiro atoms. The summed E-state index contributed by atoms with van der Waals surface area (Å²) in [6.07, 6.45) is 2.59. The first-order valence-electron chi connectivity index (χ1n) is 10.7. The smallest absolute Gasteiger partial charge is 0.220 e. The molecule has 0 unspecified atom stereocenters. The predicted octanol–water partition coefficient (Wildman–Crippen LogP) is 3.48. The molecule has 1 amide bonds. The zero-order valence-corrected chi connectivity index (χ0v) is 19.1. The van der Waals surface area contributed by atoms with Crippen LogP contribution in [0, 0.1) is 12.8 Å². The minimum Gasteiger partial charge on any atom is -0.494 e. The second kappa shape index (κ2) is 8.78. The third-order valence-corrected chi connectivity index (χ3v) is 7.69. The SMILES string of the molecule is CCOc1ccc2ncc(S(=O)(=O)c3ccc(C)cc3)c(N3CCC(C(N)=O)CC3)c2c1. The van der Waals surface area contributed by atoms with Crippen molar-refractivity contribution in [2.45, 2.75) is 36.5 Å². The van der Waals surface area contributed by atoms with Crippen LogP contribution in [0.3, 0.4) is 0 Å². The van der Waals surface area contributed by atoms with E-state index >= 15 is 0 Å². The Bertz CT molecular complexity index is 1250. The van der Waals surface area contributed by atoms with Gasteiger partial charge in [0.2, 0.25) is 15.7 Å². The summed E-state index contributed by atoms with van der Waals surface area (Å²) in [4.78, 5) is 18.5. The van der Waals surface area contributed by atoms with Crippen LogP contribution in [0.5, 0.6) is 5.75 Å². The van der Waals surface area contributed by atoms with Gasteiger partial charge >= 0.3 is 0 Å². The second-order valence-corrected chi connectivity index (χ2v) is 9.98. The van der Waals surface area contributed by atoms with E-state index in [0.29, 0.717) is 54.9 Å². The van der Waals surface area contributed by atoms with Crippen molar-refractivity contribution >= 4 is 32.3 Å². The molecule has 168 valence electrons. The quantitative estimate of drug-likeness (QED) is 0.613. The van der Waals surface area contributed by atoms with Crippen molar-refractivity contribution in [2.75, 3.05) is 24.6 Å². The third kappa shape index (κ3) is 4.14. The molecular formula is C24H27N3O4S. The molecule has 0 bridgehead atoms. The number of ether oxygens (including phenoxy) is 1. The lowest BCUT2D eigenvalue weighted by Crippen LogP contribution is -2.39. The van der Waals surface area contributed by atoms with Crippen molar-refractivity contribution in [3.05, 3.63) is 54.2 Å². The molecule has 1 aliphatic rings. The normalized spacial score (nSPS) is 15.1. The zero-order valence-electron chi connectivity index (χ0n) is 18.2. The summed E-state index contributed by atoms with van der Waals surface area (Å²) in [7, 11) is -3.82. The first-order chi connectivity index (χ1) is 15.3. The predicted molar refractivity (Wildman–Crippen MR) is 124 cm³/mol. The van der Waals surface area contributed by atoms with E-state index in [1.54, 1.807) is 24.3 Å². The van der Waals surface area contributed by atoms with Crippen molar-refractivity contribution in [3.63, 3.8) is 0 Å². The molecule has 2 aromatic carbocycles. The van der Waals surface area contributed by atoms with Gasteiger partial charge in [-0.1, -0.05) is 17.7 Å². The Morgan fingerprint density at radius 3 is 2.47 bits per heavy atom. The van der Waals surface area contributed by atoms with Crippen molar-refractivity contribution in [1.82, 2.24) is 4.98 Å². The van der Waals surface area contributed by atoms with E-state index in [9.17, 15) is 13.2 Å². The number of aromatic nitrogens is 1. The highest BCUT2D eigenvalue weighted by atomic mass is 32.2. The lowest BCUT2D eigenvalue weighted by atomic mass is 9.95. The summed E-state index contributed by atoms with van der Waals surface area (Å²) in [6, 6.07) is 12.3. The minimum absolute atomic E-state index is 0.153. The third-order valence-electron chi connectivity index (χ3n) is 5.92. The largest absolute Gasteiger partial charge is 0.494 e. The number of carbonyl (C=O) groups is 1. The van der Waals surface area contributed by atoms with E-state index in [-0.39, 0.29) is 21.6 Å². The van der Waals surface area contributed by atoms with Gasteiger partial charge in [-0.05, 0) is 57.0 Å². The van der Waals surface area contributed by atoms with Gasteiger partial charge in [-0.15, -0.1) is 0 Å². The maximum Gasteiger partial charge on any atom is 0.220 e. The fourth-order valence-electron chi connectivity index (χ4n) is 4.15. The molecule has 1 saturated heterocycles. The van der Waals surface area contributed by atoms with Crippen LogP contribution in [-0.4, -0.2) is 39.0 Å². The number of nitrogens with zero attached hydrogens (tertiary/aromatic N) is 2. The van der Waals surface area contributed by atoms with Crippen LogP contribution in [0.2, 0.25) is 0 Å². The van der Waals surface area contributed by atoms with E-state index in [0.717, 1.165) is 5.56 Å². The Kier molecular flexibility index (Phi) is 6.06. The highest BCUT2D eigenvalue weighted by Crippen LogP contribution is 2.39. The number of carbonyl (C=O) groups excluding carboxylic acids is 1. The molecule has 7 nitrogen and oxygen atoms in total. The average molecular weight is 454 g/mol. The number of primary amides is 1. The molecule has 2 N–H and O–H groups in total. The molecule has 2 heterocycles. The Hall–Kier alpha value is -3.13. The summed E-state index contributed by atoms with van der Waals surface area (Å²) in [5, 5.41) is 0.710. The van der Waals surface area contributed by atoms with Crippen LogP contribution in [0.25, 0.3) is 10.9 Å². The van der Waals surface area contributed by atoms with Crippen molar-refractivity contribution in [3.8, 4) is 5.75 Å². The highest BCUT2D eigenvalue weighted by Gasteiger charge is 2.30. The number of anilines is 1. The fourth-order valence-corrected chi connectivity index (χ4v) is 5.58. The lowest BCUT2D eigenvalue weighted by Gasteiger charge is -2.34. The summed E-state index contributed by atoms with van der Waals surface area (Å²) in [6.45, 7) is 5.37. The van der Waals surface area contributed by atoms with Crippen molar-refractivity contribution in [2.24, 2.45) is 11.7 Å². The van der Waals surface area contributed by atoms with Gasteiger partial charge in [0.1, 0.15) is 10.6 Å². The van der Waals surface area contributed by atoms with E-state index in [1.165, 1.54) is 6.20 Å². The van der Waals surface area contributed by atoms with Crippen molar-refractivity contribution in [1.29, 1.82) is 0 Å². The summed E-state index contributed by atoms with van der Waals surface area (Å²) in [5.74, 6) is 0.144. The molecule has 0 atom stereocenters. The van der Waals surface area contributed by atoms with Gasteiger partial charge in [-0.3, -0.25) is 9.78 Å².